The van der Waals surface area contributed by atoms with Crippen LogP contribution in [0.2, 0.25) is 0 Å². The summed E-state index contributed by atoms with van der Waals surface area (Å²) in [6, 6.07) is 0. The molecule has 202 valence electrons. The van der Waals surface area contributed by atoms with Gasteiger partial charge in [0.2, 0.25) is 0 Å². The van der Waals surface area contributed by atoms with E-state index in [-0.39, 0.29) is 17.4 Å². The first-order chi connectivity index (χ1) is 16.3. The smallest absolute Gasteiger partial charge is 0.305 e. The van der Waals surface area contributed by atoms with Crippen LogP contribution in [0, 0.1) is 5.41 Å². The fourth-order valence-electron chi connectivity index (χ4n) is 3.99. The molecule has 0 aliphatic rings. The zero-order valence-electron chi connectivity index (χ0n) is 23.4. The summed E-state index contributed by atoms with van der Waals surface area (Å²) < 4.78 is 10.6. The third-order valence-corrected chi connectivity index (χ3v) is 6.19. The molecule has 0 fully saturated rings. The van der Waals surface area contributed by atoms with Crippen molar-refractivity contribution >= 4 is 11.9 Å². The quantitative estimate of drug-likeness (QED) is 0.102. The Morgan fingerprint density at radius 2 is 0.853 bits per heavy atom. The molecular formula is C30H58O4. The van der Waals surface area contributed by atoms with Crippen LogP contribution >= 0.6 is 0 Å². The average Bonchev–Trinajstić information content (AvgIpc) is 2.79. The maximum absolute atomic E-state index is 11.8. The predicted molar refractivity (Wildman–Crippen MR) is 144 cm³/mol. The molecule has 0 aromatic rings. The van der Waals surface area contributed by atoms with E-state index in [1.165, 1.54) is 77.0 Å². The van der Waals surface area contributed by atoms with E-state index in [1.807, 2.05) is 0 Å². The average molecular weight is 483 g/mol. The molecule has 34 heavy (non-hydrogen) atoms. The third kappa shape index (κ3) is 27.2. The lowest BCUT2D eigenvalue weighted by atomic mass is 9.99. The number of carbonyl (C=O) groups is 2. The van der Waals surface area contributed by atoms with Crippen LogP contribution in [0.25, 0.3) is 0 Å². The number of esters is 2. The predicted octanol–water partition coefficient (Wildman–Crippen LogP) is 9.33. The van der Waals surface area contributed by atoms with Crippen LogP contribution in [-0.2, 0) is 19.1 Å². The molecule has 0 heterocycles. The minimum absolute atomic E-state index is 0.0310. The minimum atomic E-state index is -0.0823. The molecule has 0 unspecified atom stereocenters. The van der Waals surface area contributed by atoms with Crippen molar-refractivity contribution in [3.8, 4) is 0 Å². The highest BCUT2D eigenvalue weighted by Crippen LogP contribution is 2.15. The maximum Gasteiger partial charge on any atom is 0.305 e. The summed E-state index contributed by atoms with van der Waals surface area (Å²) in [7, 11) is 0. The van der Waals surface area contributed by atoms with E-state index in [9.17, 15) is 9.59 Å². The van der Waals surface area contributed by atoms with E-state index >= 15 is 0 Å². The first-order valence-corrected chi connectivity index (χ1v) is 14.7. The molecule has 0 radical (unpaired) electrons. The van der Waals surface area contributed by atoms with Crippen LogP contribution in [0.15, 0.2) is 0 Å². The van der Waals surface area contributed by atoms with Crippen molar-refractivity contribution in [3.05, 3.63) is 0 Å². The van der Waals surface area contributed by atoms with Crippen LogP contribution in [0.1, 0.15) is 163 Å². The molecule has 0 amide bonds. The molecule has 0 spiro atoms. The summed E-state index contributed by atoms with van der Waals surface area (Å²) in [6.45, 7) is 9.54. The topological polar surface area (TPSA) is 52.6 Å². The Morgan fingerprint density at radius 1 is 0.500 bits per heavy atom. The normalized spacial score (nSPS) is 11.5. The highest BCUT2D eigenvalue weighted by molar-refractivity contribution is 5.69. The number of hydrogen-bond acceptors (Lipinski definition) is 4. The zero-order chi connectivity index (χ0) is 25.3. The molecule has 4 nitrogen and oxygen atoms in total. The summed E-state index contributed by atoms with van der Waals surface area (Å²) >= 11 is 0. The van der Waals surface area contributed by atoms with Crippen molar-refractivity contribution in [2.75, 3.05) is 13.2 Å². The van der Waals surface area contributed by atoms with Crippen molar-refractivity contribution in [3.63, 3.8) is 0 Å². The second kappa shape index (κ2) is 23.7. The van der Waals surface area contributed by atoms with Gasteiger partial charge in [0.25, 0.3) is 0 Å². The van der Waals surface area contributed by atoms with E-state index in [0.717, 1.165) is 44.9 Å². The van der Waals surface area contributed by atoms with Crippen molar-refractivity contribution in [1.29, 1.82) is 0 Å². The molecule has 0 aliphatic heterocycles. The first-order valence-electron chi connectivity index (χ1n) is 14.7. The Kier molecular flexibility index (Phi) is 22.9. The summed E-state index contributed by atoms with van der Waals surface area (Å²) in [5.74, 6) is -0.123. The second-order valence-corrected chi connectivity index (χ2v) is 11.3. The fourth-order valence-corrected chi connectivity index (χ4v) is 3.99. The van der Waals surface area contributed by atoms with Gasteiger partial charge in [-0.25, -0.2) is 0 Å². The molecule has 0 N–H and O–H groups in total. The number of carbonyl (C=O) groups excluding carboxylic acids is 2. The Bertz CT molecular complexity index is 467. The van der Waals surface area contributed by atoms with Crippen LogP contribution in [0.3, 0.4) is 0 Å². The Hall–Kier alpha value is -1.06. The highest BCUT2D eigenvalue weighted by atomic mass is 16.5. The van der Waals surface area contributed by atoms with Gasteiger partial charge in [-0.2, -0.15) is 0 Å². The standard InChI is InChI=1S/C30H58O4/c1-5-6-7-8-9-10-11-12-13-14-17-20-23-26-33-28(31)24-21-18-15-16-19-22-25-29(32)34-27-30(2,3)4/h5-27H2,1-4H3. The van der Waals surface area contributed by atoms with Gasteiger partial charge in [0, 0.05) is 12.8 Å². The molecule has 0 aromatic heterocycles. The molecule has 0 aliphatic carbocycles. The lowest BCUT2D eigenvalue weighted by Gasteiger charge is -2.17. The van der Waals surface area contributed by atoms with Crippen LogP contribution < -0.4 is 0 Å². The monoisotopic (exact) mass is 482 g/mol. The van der Waals surface area contributed by atoms with Gasteiger partial charge in [-0.1, -0.05) is 130 Å². The zero-order valence-corrected chi connectivity index (χ0v) is 23.4. The largest absolute Gasteiger partial charge is 0.466 e. The number of ether oxygens (including phenoxy) is 2. The summed E-state index contributed by atoms with van der Waals surface area (Å²) in [6.07, 6.45) is 24.5. The minimum Gasteiger partial charge on any atom is -0.466 e. The lowest BCUT2D eigenvalue weighted by Crippen LogP contribution is -2.18. The van der Waals surface area contributed by atoms with E-state index < -0.39 is 0 Å². The molecule has 0 saturated carbocycles. The van der Waals surface area contributed by atoms with Gasteiger partial charge in [0.05, 0.1) is 13.2 Å². The Morgan fingerprint density at radius 3 is 1.26 bits per heavy atom. The van der Waals surface area contributed by atoms with Crippen LogP contribution in [0.5, 0.6) is 0 Å². The third-order valence-electron chi connectivity index (χ3n) is 6.19. The molecule has 0 atom stereocenters. The van der Waals surface area contributed by atoms with E-state index in [1.54, 1.807) is 0 Å². The summed E-state index contributed by atoms with van der Waals surface area (Å²) in [5.41, 5.74) is 0.0310. The lowest BCUT2D eigenvalue weighted by molar-refractivity contribution is -0.146. The molecular weight excluding hydrogens is 424 g/mol. The molecule has 0 aromatic carbocycles. The van der Waals surface area contributed by atoms with Crippen molar-refractivity contribution < 1.29 is 19.1 Å². The van der Waals surface area contributed by atoms with Crippen LogP contribution in [-0.4, -0.2) is 25.2 Å². The van der Waals surface area contributed by atoms with Crippen LogP contribution in [0.4, 0.5) is 0 Å². The van der Waals surface area contributed by atoms with E-state index in [4.69, 9.17) is 9.47 Å². The van der Waals surface area contributed by atoms with Gasteiger partial charge in [0.15, 0.2) is 0 Å². The number of unbranched alkanes of at least 4 members (excludes halogenated alkanes) is 17. The molecule has 0 saturated heterocycles. The first kappa shape index (κ1) is 32.9. The molecule has 0 rings (SSSR count). The van der Waals surface area contributed by atoms with Gasteiger partial charge < -0.3 is 9.47 Å². The maximum atomic E-state index is 11.8. The van der Waals surface area contributed by atoms with Gasteiger partial charge in [0.1, 0.15) is 0 Å². The summed E-state index contributed by atoms with van der Waals surface area (Å²) in [5, 5.41) is 0. The van der Waals surface area contributed by atoms with Gasteiger partial charge in [-0.05, 0) is 24.7 Å². The number of hydrogen-bond donors (Lipinski definition) is 0. The second-order valence-electron chi connectivity index (χ2n) is 11.3. The van der Waals surface area contributed by atoms with Gasteiger partial charge in [-0.3, -0.25) is 9.59 Å². The molecule has 0 bridgehead atoms. The van der Waals surface area contributed by atoms with Crippen molar-refractivity contribution in [1.82, 2.24) is 0 Å². The van der Waals surface area contributed by atoms with Gasteiger partial charge in [-0.15, -0.1) is 0 Å². The van der Waals surface area contributed by atoms with E-state index in [0.29, 0.717) is 26.1 Å². The number of rotatable bonds is 24. The summed E-state index contributed by atoms with van der Waals surface area (Å²) in [4.78, 5) is 23.5. The van der Waals surface area contributed by atoms with E-state index in [2.05, 4.69) is 27.7 Å². The SMILES string of the molecule is CCCCCCCCCCCCCCCOC(=O)CCCCCCCCC(=O)OCC(C)(C)C. The highest BCUT2D eigenvalue weighted by Gasteiger charge is 2.13. The Balaban J connectivity index is 3.26. The van der Waals surface area contributed by atoms with Gasteiger partial charge >= 0.3 is 11.9 Å². The molecule has 4 heteroatoms. The Labute approximate surface area is 212 Å². The fraction of sp³-hybridized carbons (Fsp3) is 0.933. The van der Waals surface area contributed by atoms with Crippen molar-refractivity contribution in [2.24, 2.45) is 5.41 Å². The van der Waals surface area contributed by atoms with Crippen molar-refractivity contribution in [2.45, 2.75) is 163 Å².